The molecular formula is C11H15N3O2. The lowest BCUT2D eigenvalue weighted by Gasteiger charge is -2.05. The highest BCUT2D eigenvalue weighted by atomic mass is 16.3. The standard InChI is InChI=1S/C11H15N3O2/c1-3-8-6-12-14-7(2)9(4-5-15)11(16)13-10(8)14/h6,15H,3-5H2,1-2H3,(H,13,16). The summed E-state index contributed by atoms with van der Waals surface area (Å²) in [4.78, 5) is 14.6. The first-order chi connectivity index (χ1) is 7.69. The first-order valence-corrected chi connectivity index (χ1v) is 5.38. The maximum absolute atomic E-state index is 11.8. The second-order valence-corrected chi connectivity index (χ2v) is 3.78. The molecule has 5 heteroatoms. The second-order valence-electron chi connectivity index (χ2n) is 3.78. The fourth-order valence-electron chi connectivity index (χ4n) is 1.91. The van der Waals surface area contributed by atoms with Crippen LogP contribution < -0.4 is 5.56 Å². The lowest BCUT2D eigenvalue weighted by Crippen LogP contribution is -2.19. The SMILES string of the molecule is CCc1cnn2c(C)c(CCO)c(=O)[nH]c12. The van der Waals surface area contributed by atoms with E-state index < -0.39 is 0 Å². The van der Waals surface area contributed by atoms with Crippen molar-refractivity contribution in [3.63, 3.8) is 0 Å². The molecule has 5 nitrogen and oxygen atoms in total. The predicted molar refractivity (Wildman–Crippen MR) is 60.7 cm³/mol. The summed E-state index contributed by atoms with van der Waals surface area (Å²) in [5.74, 6) is 0. The third-order valence-electron chi connectivity index (χ3n) is 2.85. The van der Waals surface area contributed by atoms with E-state index in [1.165, 1.54) is 0 Å². The number of nitrogens with zero attached hydrogens (tertiary/aromatic N) is 2. The highest BCUT2D eigenvalue weighted by Gasteiger charge is 2.11. The number of rotatable bonds is 3. The average Bonchev–Trinajstić information content (AvgIpc) is 2.67. The maximum atomic E-state index is 11.8. The molecule has 0 aliphatic carbocycles. The molecule has 0 aliphatic rings. The van der Waals surface area contributed by atoms with Crippen molar-refractivity contribution in [3.05, 3.63) is 33.4 Å². The van der Waals surface area contributed by atoms with E-state index in [1.54, 1.807) is 10.7 Å². The highest BCUT2D eigenvalue weighted by molar-refractivity contribution is 5.48. The lowest BCUT2D eigenvalue weighted by molar-refractivity contribution is 0.298. The van der Waals surface area contributed by atoms with E-state index in [9.17, 15) is 4.79 Å². The molecule has 0 unspecified atom stereocenters. The Morgan fingerprint density at radius 3 is 2.94 bits per heavy atom. The molecule has 2 rings (SSSR count). The highest BCUT2D eigenvalue weighted by Crippen LogP contribution is 2.11. The molecule has 2 N–H and O–H groups in total. The summed E-state index contributed by atoms with van der Waals surface area (Å²) in [6.07, 6.45) is 2.96. The minimum absolute atomic E-state index is 0.0304. The largest absolute Gasteiger partial charge is 0.396 e. The summed E-state index contributed by atoms with van der Waals surface area (Å²) >= 11 is 0. The van der Waals surface area contributed by atoms with Gasteiger partial charge in [-0.3, -0.25) is 4.79 Å². The molecule has 86 valence electrons. The number of aryl methyl sites for hydroxylation is 2. The van der Waals surface area contributed by atoms with Gasteiger partial charge in [0.15, 0.2) is 0 Å². The number of hydrogen-bond donors (Lipinski definition) is 2. The minimum atomic E-state index is -0.130. The smallest absolute Gasteiger partial charge is 0.254 e. The van der Waals surface area contributed by atoms with Crippen LogP contribution in [0.3, 0.4) is 0 Å². The summed E-state index contributed by atoms with van der Waals surface area (Å²) in [7, 11) is 0. The Morgan fingerprint density at radius 2 is 2.31 bits per heavy atom. The summed E-state index contributed by atoms with van der Waals surface area (Å²) in [5.41, 5.74) is 3.05. The van der Waals surface area contributed by atoms with Crippen LogP contribution in [0.2, 0.25) is 0 Å². The molecular weight excluding hydrogens is 206 g/mol. The fraction of sp³-hybridized carbons (Fsp3) is 0.455. The Kier molecular flexibility index (Phi) is 2.78. The van der Waals surface area contributed by atoms with Crippen LogP contribution >= 0.6 is 0 Å². The normalized spacial score (nSPS) is 11.2. The monoisotopic (exact) mass is 221 g/mol. The van der Waals surface area contributed by atoms with Gasteiger partial charge in [-0.25, -0.2) is 4.52 Å². The van der Waals surface area contributed by atoms with Crippen LogP contribution in [0.5, 0.6) is 0 Å². The second kappa shape index (κ2) is 4.09. The van der Waals surface area contributed by atoms with Crippen molar-refractivity contribution in [3.8, 4) is 0 Å². The molecule has 0 fully saturated rings. The zero-order valence-corrected chi connectivity index (χ0v) is 9.45. The van der Waals surface area contributed by atoms with E-state index in [1.807, 2.05) is 13.8 Å². The molecule has 0 amide bonds. The van der Waals surface area contributed by atoms with Crippen molar-refractivity contribution in [2.24, 2.45) is 0 Å². The quantitative estimate of drug-likeness (QED) is 0.789. The first-order valence-electron chi connectivity index (χ1n) is 5.38. The number of hydrogen-bond acceptors (Lipinski definition) is 3. The van der Waals surface area contributed by atoms with Crippen molar-refractivity contribution in [2.75, 3.05) is 6.61 Å². The zero-order valence-electron chi connectivity index (χ0n) is 9.45. The number of fused-ring (bicyclic) bond motifs is 1. The molecule has 0 radical (unpaired) electrons. The van der Waals surface area contributed by atoms with E-state index in [4.69, 9.17) is 5.11 Å². The number of aromatic amines is 1. The van der Waals surface area contributed by atoms with Crippen LogP contribution in [0.4, 0.5) is 0 Å². The van der Waals surface area contributed by atoms with Crippen molar-refractivity contribution < 1.29 is 5.11 Å². The lowest BCUT2D eigenvalue weighted by atomic mass is 10.2. The number of aliphatic hydroxyl groups is 1. The van der Waals surface area contributed by atoms with Gasteiger partial charge in [-0.15, -0.1) is 0 Å². The van der Waals surface area contributed by atoms with Gasteiger partial charge in [0.25, 0.3) is 5.56 Å². The Bertz CT molecular complexity index is 568. The van der Waals surface area contributed by atoms with Gasteiger partial charge in [0.1, 0.15) is 5.65 Å². The van der Waals surface area contributed by atoms with Gasteiger partial charge in [0.05, 0.1) is 11.9 Å². The van der Waals surface area contributed by atoms with E-state index in [2.05, 4.69) is 10.1 Å². The third-order valence-corrected chi connectivity index (χ3v) is 2.85. The molecule has 0 spiro atoms. The van der Waals surface area contributed by atoms with Crippen molar-refractivity contribution in [1.29, 1.82) is 0 Å². The van der Waals surface area contributed by atoms with E-state index in [0.717, 1.165) is 23.3 Å². The molecule has 0 atom stereocenters. The molecule has 2 heterocycles. The van der Waals surface area contributed by atoms with Gasteiger partial charge < -0.3 is 10.1 Å². The molecule has 2 aromatic rings. The number of nitrogens with one attached hydrogen (secondary N) is 1. The van der Waals surface area contributed by atoms with Crippen LogP contribution in [-0.2, 0) is 12.8 Å². The molecule has 2 aromatic heterocycles. The minimum Gasteiger partial charge on any atom is -0.396 e. The molecule has 0 saturated heterocycles. The molecule has 0 saturated carbocycles. The van der Waals surface area contributed by atoms with E-state index >= 15 is 0 Å². The fourth-order valence-corrected chi connectivity index (χ4v) is 1.91. The van der Waals surface area contributed by atoms with Crippen molar-refractivity contribution >= 4 is 5.65 Å². The van der Waals surface area contributed by atoms with Crippen molar-refractivity contribution in [1.82, 2.24) is 14.6 Å². The van der Waals surface area contributed by atoms with Gasteiger partial charge in [-0.05, 0) is 13.3 Å². The van der Waals surface area contributed by atoms with E-state index in [-0.39, 0.29) is 12.2 Å². The van der Waals surface area contributed by atoms with Crippen LogP contribution in [-0.4, -0.2) is 26.3 Å². The molecule has 16 heavy (non-hydrogen) atoms. The topological polar surface area (TPSA) is 70.4 Å². The number of aliphatic hydroxyl groups excluding tert-OH is 1. The Labute approximate surface area is 92.7 Å². The van der Waals surface area contributed by atoms with Gasteiger partial charge >= 0.3 is 0 Å². The molecule has 0 aromatic carbocycles. The van der Waals surface area contributed by atoms with Gasteiger partial charge in [-0.2, -0.15) is 5.10 Å². The number of aromatic nitrogens is 3. The van der Waals surface area contributed by atoms with Crippen LogP contribution in [0, 0.1) is 6.92 Å². The summed E-state index contributed by atoms with van der Waals surface area (Å²) < 4.78 is 1.73. The van der Waals surface area contributed by atoms with Crippen LogP contribution in [0.25, 0.3) is 5.65 Å². The zero-order chi connectivity index (χ0) is 11.7. The van der Waals surface area contributed by atoms with Crippen LogP contribution in [0.1, 0.15) is 23.7 Å². The average molecular weight is 221 g/mol. The molecule has 0 aliphatic heterocycles. The third kappa shape index (κ3) is 1.53. The maximum Gasteiger partial charge on any atom is 0.254 e. The van der Waals surface area contributed by atoms with Crippen LogP contribution in [0.15, 0.2) is 11.0 Å². The summed E-state index contributed by atoms with van der Waals surface area (Å²) in [6, 6.07) is 0. The Balaban J connectivity index is 2.75. The first kappa shape index (κ1) is 10.9. The van der Waals surface area contributed by atoms with Crippen molar-refractivity contribution in [2.45, 2.75) is 26.7 Å². The van der Waals surface area contributed by atoms with Gasteiger partial charge in [0, 0.05) is 24.2 Å². The number of H-pyrrole nitrogens is 1. The van der Waals surface area contributed by atoms with Gasteiger partial charge in [0.2, 0.25) is 0 Å². The summed E-state index contributed by atoms with van der Waals surface area (Å²) in [6.45, 7) is 3.84. The molecule has 0 bridgehead atoms. The Morgan fingerprint density at radius 1 is 1.56 bits per heavy atom. The van der Waals surface area contributed by atoms with E-state index in [0.29, 0.717) is 12.0 Å². The predicted octanol–water partition coefficient (Wildman–Crippen LogP) is 0.428. The Hall–Kier alpha value is -1.62. The summed E-state index contributed by atoms with van der Waals surface area (Å²) in [5, 5.41) is 13.1. The van der Waals surface area contributed by atoms with Gasteiger partial charge in [-0.1, -0.05) is 6.92 Å².